The van der Waals surface area contributed by atoms with Gasteiger partial charge in [-0.05, 0) is 43.7 Å². The van der Waals surface area contributed by atoms with Gasteiger partial charge < -0.3 is 4.52 Å². The molecule has 1 atom stereocenters. The molecule has 0 spiro atoms. The van der Waals surface area contributed by atoms with Crippen molar-refractivity contribution in [1.82, 2.24) is 4.31 Å². The molecular formula is C24H26NO4PS. The van der Waals surface area contributed by atoms with Crippen LogP contribution in [-0.2, 0) is 25.7 Å². The molecule has 0 aliphatic carbocycles. The van der Waals surface area contributed by atoms with Crippen molar-refractivity contribution >= 4 is 22.7 Å². The smallest absolute Gasteiger partial charge is 0.264 e. The molecule has 0 amide bonds. The first-order valence-electron chi connectivity index (χ1n) is 9.97. The molecule has 0 N–H and O–H groups in total. The van der Waals surface area contributed by atoms with Gasteiger partial charge in [-0.1, -0.05) is 66.2 Å². The Kier molecular flexibility index (Phi) is 7.50. The first kappa shape index (κ1) is 23.0. The summed E-state index contributed by atoms with van der Waals surface area (Å²) < 4.78 is 47.2. The summed E-state index contributed by atoms with van der Waals surface area (Å²) in [7, 11) is -7.25. The van der Waals surface area contributed by atoms with Gasteiger partial charge in [-0.25, -0.2) is 8.42 Å². The summed E-state index contributed by atoms with van der Waals surface area (Å²) in [6.07, 6.45) is 1.37. The van der Waals surface area contributed by atoms with E-state index >= 15 is 0 Å². The van der Waals surface area contributed by atoms with E-state index in [2.05, 4.69) is 0 Å². The SMILES string of the molecule is CCOP(=O)(/C=C/N(Cc1ccccc1)S(=O)(=O)c1ccc(C)cc1)c1ccccc1. The number of hydrogen-bond acceptors (Lipinski definition) is 4. The second-order valence-corrected chi connectivity index (χ2v) is 11.2. The van der Waals surface area contributed by atoms with Gasteiger partial charge in [0.05, 0.1) is 18.0 Å². The molecule has 0 heterocycles. The van der Waals surface area contributed by atoms with Crippen molar-refractivity contribution in [3.8, 4) is 0 Å². The standard InChI is InChI=1S/C24H26NO4PS/c1-3-29-30(26,23-12-8-5-9-13-23)19-18-25(20-22-10-6-4-7-11-22)31(27,28)24-16-14-21(2)15-17-24/h4-19H,3,20H2,1-2H3/b19-18+. The zero-order valence-corrected chi connectivity index (χ0v) is 19.3. The van der Waals surface area contributed by atoms with E-state index in [-0.39, 0.29) is 18.0 Å². The molecule has 0 saturated carbocycles. The van der Waals surface area contributed by atoms with E-state index in [1.54, 1.807) is 55.5 Å². The van der Waals surface area contributed by atoms with Crippen LogP contribution in [0.4, 0.5) is 0 Å². The highest BCUT2D eigenvalue weighted by Crippen LogP contribution is 2.47. The van der Waals surface area contributed by atoms with E-state index in [1.807, 2.05) is 43.3 Å². The lowest BCUT2D eigenvalue weighted by Crippen LogP contribution is -2.26. The maximum Gasteiger partial charge on any atom is 0.264 e. The van der Waals surface area contributed by atoms with Crippen LogP contribution >= 0.6 is 7.37 Å². The van der Waals surface area contributed by atoms with Crippen molar-refractivity contribution < 1.29 is 17.5 Å². The van der Waals surface area contributed by atoms with E-state index in [1.165, 1.54) is 16.3 Å². The average molecular weight is 456 g/mol. The Balaban J connectivity index is 2.03. The number of hydrogen-bond donors (Lipinski definition) is 0. The molecular weight excluding hydrogens is 429 g/mol. The van der Waals surface area contributed by atoms with Gasteiger partial charge in [-0.2, -0.15) is 0 Å². The third-order valence-electron chi connectivity index (χ3n) is 4.67. The molecule has 7 heteroatoms. The average Bonchev–Trinajstić information content (AvgIpc) is 2.78. The van der Waals surface area contributed by atoms with Crippen molar-refractivity contribution in [3.05, 3.63) is 108 Å². The molecule has 0 aliphatic heterocycles. The van der Waals surface area contributed by atoms with Crippen LogP contribution in [0.5, 0.6) is 0 Å². The first-order chi connectivity index (χ1) is 14.8. The fourth-order valence-electron chi connectivity index (χ4n) is 3.02. The van der Waals surface area contributed by atoms with Crippen LogP contribution in [0, 0.1) is 6.92 Å². The number of sulfonamides is 1. The van der Waals surface area contributed by atoms with Gasteiger partial charge in [0.25, 0.3) is 17.4 Å². The highest BCUT2D eigenvalue weighted by atomic mass is 32.2. The molecule has 3 aromatic carbocycles. The lowest BCUT2D eigenvalue weighted by Gasteiger charge is -2.22. The van der Waals surface area contributed by atoms with Crippen LogP contribution in [0.2, 0.25) is 0 Å². The van der Waals surface area contributed by atoms with Gasteiger partial charge in [-0.3, -0.25) is 8.87 Å². The van der Waals surface area contributed by atoms with Crippen LogP contribution in [0.25, 0.3) is 0 Å². The summed E-state index contributed by atoms with van der Waals surface area (Å²) in [6.45, 7) is 4.00. The van der Waals surface area contributed by atoms with Crippen molar-refractivity contribution in [3.63, 3.8) is 0 Å². The molecule has 3 rings (SSSR count). The van der Waals surface area contributed by atoms with Crippen molar-refractivity contribution in [1.29, 1.82) is 0 Å². The molecule has 0 aromatic heterocycles. The van der Waals surface area contributed by atoms with E-state index in [0.29, 0.717) is 5.30 Å². The zero-order valence-electron chi connectivity index (χ0n) is 17.6. The minimum atomic E-state index is -3.87. The molecule has 0 bridgehead atoms. The lowest BCUT2D eigenvalue weighted by molar-refractivity contribution is 0.347. The quantitative estimate of drug-likeness (QED) is 0.411. The third-order valence-corrected chi connectivity index (χ3v) is 8.60. The number of benzene rings is 3. The van der Waals surface area contributed by atoms with E-state index in [4.69, 9.17) is 4.52 Å². The first-order valence-corrected chi connectivity index (χ1v) is 13.1. The molecule has 5 nitrogen and oxygen atoms in total. The molecule has 162 valence electrons. The largest absolute Gasteiger partial charge is 0.323 e. The van der Waals surface area contributed by atoms with E-state index < -0.39 is 17.4 Å². The Labute approximate surface area is 184 Å². The van der Waals surface area contributed by atoms with Crippen molar-refractivity contribution in [2.24, 2.45) is 0 Å². The second kappa shape index (κ2) is 10.1. The maximum atomic E-state index is 13.5. The van der Waals surface area contributed by atoms with Crippen LogP contribution in [0.1, 0.15) is 18.1 Å². The van der Waals surface area contributed by atoms with Gasteiger partial charge in [0.15, 0.2) is 0 Å². The molecule has 0 fully saturated rings. The van der Waals surface area contributed by atoms with Crippen molar-refractivity contribution in [2.75, 3.05) is 6.61 Å². The topological polar surface area (TPSA) is 63.7 Å². The van der Waals surface area contributed by atoms with Gasteiger partial charge in [0, 0.05) is 17.3 Å². The van der Waals surface area contributed by atoms with E-state index in [0.717, 1.165) is 11.1 Å². The highest BCUT2D eigenvalue weighted by Gasteiger charge is 2.26. The molecule has 0 saturated heterocycles. The van der Waals surface area contributed by atoms with Crippen molar-refractivity contribution in [2.45, 2.75) is 25.3 Å². The monoisotopic (exact) mass is 455 g/mol. The number of rotatable bonds is 9. The Bertz CT molecular complexity index is 1160. The zero-order chi connectivity index (χ0) is 22.3. The van der Waals surface area contributed by atoms with Crippen LogP contribution in [-0.4, -0.2) is 19.3 Å². The summed E-state index contributed by atoms with van der Waals surface area (Å²) >= 11 is 0. The van der Waals surface area contributed by atoms with Gasteiger partial charge in [0.2, 0.25) is 0 Å². The predicted octanol–water partition coefficient (Wildman–Crippen LogP) is 5.30. The van der Waals surface area contributed by atoms with Gasteiger partial charge >= 0.3 is 0 Å². The highest BCUT2D eigenvalue weighted by molar-refractivity contribution is 7.89. The lowest BCUT2D eigenvalue weighted by atomic mass is 10.2. The fourth-order valence-corrected chi connectivity index (χ4v) is 6.12. The van der Waals surface area contributed by atoms with Crippen LogP contribution in [0.15, 0.2) is 102 Å². The Hall–Kier alpha value is -2.66. The summed E-state index contributed by atoms with van der Waals surface area (Å²) in [4.78, 5) is 0.171. The second-order valence-electron chi connectivity index (χ2n) is 7.00. The minimum Gasteiger partial charge on any atom is -0.323 e. The summed E-state index contributed by atoms with van der Waals surface area (Å²) in [6, 6.07) is 24.8. The van der Waals surface area contributed by atoms with Gasteiger partial charge in [-0.15, -0.1) is 0 Å². The Morgan fingerprint density at radius 1 is 0.903 bits per heavy atom. The summed E-state index contributed by atoms with van der Waals surface area (Å²) in [5, 5.41) is 0.514. The normalized spacial score (nSPS) is 13.7. The maximum absolute atomic E-state index is 13.5. The number of aryl methyl sites for hydroxylation is 1. The molecule has 0 radical (unpaired) electrons. The summed E-state index contributed by atoms with van der Waals surface area (Å²) in [5.41, 5.74) is 1.78. The molecule has 0 aliphatic rings. The van der Waals surface area contributed by atoms with Crippen LogP contribution in [0.3, 0.4) is 0 Å². The summed E-state index contributed by atoms with van der Waals surface area (Å²) in [5.74, 6) is 1.38. The molecule has 3 aromatic rings. The van der Waals surface area contributed by atoms with Crippen LogP contribution < -0.4 is 5.30 Å². The fraction of sp³-hybridized carbons (Fsp3) is 0.167. The Morgan fingerprint density at radius 3 is 2.06 bits per heavy atom. The molecule has 31 heavy (non-hydrogen) atoms. The number of nitrogens with zero attached hydrogens (tertiary/aromatic N) is 1. The predicted molar refractivity (Wildman–Crippen MR) is 125 cm³/mol. The minimum absolute atomic E-state index is 0.106. The Morgan fingerprint density at radius 2 is 1.48 bits per heavy atom. The molecule has 1 unspecified atom stereocenters. The van der Waals surface area contributed by atoms with Gasteiger partial charge in [0.1, 0.15) is 0 Å². The van der Waals surface area contributed by atoms with E-state index in [9.17, 15) is 13.0 Å². The third kappa shape index (κ3) is 5.73.